The van der Waals surface area contributed by atoms with Crippen LogP contribution in [0.1, 0.15) is 41.5 Å². The maximum Gasteiger partial charge on any atom is 0.253 e. The Kier molecular flexibility index (Phi) is 6.03. The molecule has 0 aliphatic carbocycles. The summed E-state index contributed by atoms with van der Waals surface area (Å²) in [5, 5.41) is 32.3. The van der Waals surface area contributed by atoms with Crippen LogP contribution in [0.5, 0.6) is 0 Å². The normalized spacial score (nSPS) is 35.5. The van der Waals surface area contributed by atoms with Gasteiger partial charge >= 0.3 is 0 Å². The molecule has 0 aromatic heterocycles. The third-order valence-electron chi connectivity index (χ3n) is 4.18. The van der Waals surface area contributed by atoms with E-state index in [2.05, 4.69) is 21.3 Å². The summed E-state index contributed by atoms with van der Waals surface area (Å²) in [6.45, 7) is 10.8. The molecule has 2 atom stereocenters. The molecule has 8 heteroatoms. The van der Waals surface area contributed by atoms with Crippen LogP contribution in [0.2, 0.25) is 0 Å². The molecule has 0 spiro atoms. The van der Waals surface area contributed by atoms with Gasteiger partial charge in [-0.2, -0.15) is 0 Å². The molecule has 6 N–H and O–H groups in total. The lowest BCUT2D eigenvalue weighted by Crippen LogP contribution is -2.63. The van der Waals surface area contributed by atoms with Crippen molar-refractivity contribution >= 4 is 11.8 Å². The molecule has 1 rings (SSSR count). The highest BCUT2D eigenvalue weighted by Crippen LogP contribution is 2.11. The number of aliphatic hydroxyl groups is 2. The van der Waals surface area contributed by atoms with Crippen LogP contribution in [0, 0.1) is 0 Å². The van der Waals surface area contributed by atoms with Crippen molar-refractivity contribution in [3.8, 4) is 0 Å². The van der Waals surface area contributed by atoms with Crippen molar-refractivity contribution in [3.63, 3.8) is 0 Å². The van der Waals surface area contributed by atoms with Gasteiger partial charge in [-0.15, -0.1) is 0 Å². The first-order chi connectivity index (χ1) is 10.7. The van der Waals surface area contributed by atoms with E-state index in [0.29, 0.717) is 0 Å². The van der Waals surface area contributed by atoms with E-state index < -0.39 is 34.1 Å². The van der Waals surface area contributed by atoms with Crippen LogP contribution >= 0.6 is 0 Å². The highest BCUT2D eigenvalue weighted by Gasteiger charge is 2.37. The minimum atomic E-state index is -1.58. The smallest absolute Gasteiger partial charge is 0.253 e. The van der Waals surface area contributed by atoms with E-state index in [1.165, 1.54) is 13.8 Å². The van der Waals surface area contributed by atoms with Crippen molar-refractivity contribution < 1.29 is 19.8 Å². The minimum Gasteiger partial charge on any atom is -0.379 e. The Balaban J connectivity index is 2.98. The maximum absolute atomic E-state index is 12.2. The zero-order chi connectivity index (χ0) is 18.8. The predicted molar refractivity (Wildman–Crippen MR) is 91.4 cm³/mol. The first-order valence-electron chi connectivity index (χ1n) is 8.18. The predicted octanol–water partition coefficient (Wildman–Crippen LogP) is -1.53. The lowest BCUT2D eigenvalue weighted by atomic mass is 9.97. The molecule has 0 aromatic rings. The molecule has 2 amide bonds. The van der Waals surface area contributed by atoms with E-state index in [9.17, 15) is 19.8 Å². The van der Waals surface area contributed by atoms with E-state index in [-0.39, 0.29) is 26.2 Å². The van der Waals surface area contributed by atoms with Gasteiger partial charge in [0.05, 0.1) is 0 Å². The van der Waals surface area contributed by atoms with E-state index in [0.717, 1.165) is 0 Å². The summed E-state index contributed by atoms with van der Waals surface area (Å²) in [6.07, 6.45) is 0. The van der Waals surface area contributed by atoms with Crippen molar-refractivity contribution in [1.29, 1.82) is 0 Å². The lowest BCUT2D eigenvalue weighted by Gasteiger charge is -2.36. The third kappa shape index (κ3) is 6.01. The molecule has 1 fully saturated rings. The second-order valence-corrected chi connectivity index (χ2v) is 8.39. The lowest BCUT2D eigenvalue weighted by molar-refractivity contribution is -0.140. The molecule has 1 aliphatic rings. The van der Waals surface area contributed by atoms with Crippen molar-refractivity contribution in [2.75, 3.05) is 26.2 Å². The Morgan fingerprint density at radius 2 is 0.958 bits per heavy atom. The average Bonchev–Trinajstić information content (AvgIpc) is 2.46. The molecule has 0 unspecified atom stereocenters. The molecule has 0 aromatic carbocycles. The second-order valence-electron chi connectivity index (χ2n) is 8.39. The summed E-state index contributed by atoms with van der Waals surface area (Å²) in [4.78, 5) is 24.5. The van der Waals surface area contributed by atoms with Gasteiger partial charge in [-0.3, -0.25) is 9.59 Å². The van der Waals surface area contributed by atoms with Gasteiger partial charge < -0.3 is 31.5 Å². The molecular formula is C16H32N4O4. The molecule has 1 heterocycles. The average molecular weight is 344 g/mol. The van der Waals surface area contributed by atoms with Gasteiger partial charge in [0.15, 0.2) is 11.2 Å². The van der Waals surface area contributed by atoms with Gasteiger partial charge in [-0.1, -0.05) is 0 Å². The molecule has 1 saturated heterocycles. The number of nitrogens with one attached hydrogen (secondary N) is 4. The summed E-state index contributed by atoms with van der Waals surface area (Å²) >= 11 is 0. The first-order valence-corrected chi connectivity index (χ1v) is 8.18. The zero-order valence-corrected chi connectivity index (χ0v) is 15.5. The Morgan fingerprint density at radius 1 is 0.667 bits per heavy atom. The summed E-state index contributed by atoms with van der Waals surface area (Å²) in [7, 11) is 0. The minimum absolute atomic E-state index is 0.0337. The van der Waals surface area contributed by atoms with Crippen molar-refractivity contribution in [1.82, 2.24) is 21.3 Å². The summed E-state index contributed by atoms with van der Waals surface area (Å²) in [5.41, 5.74) is -4.28. The molecular weight excluding hydrogens is 312 g/mol. The monoisotopic (exact) mass is 344 g/mol. The first kappa shape index (κ1) is 20.8. The van der Waals surface area contributed by atoms with Gasteiger partial charge in [0, 0.05) is 37.3 Å². The van der Waals surface area contributed by atoms with Gasteiger partial charge in [-0.25, -0.2) is 0 Å². The molecule has 24 heavy (non-hydrogen) atoms. The number of β-amino-alcohol motifs (C(OH)–C–C–N with tert-alkyl or cyclic N) is 2. The number of rotatable bonds is 0. The van der Waals surface area contributed by atoms with E-state index in [4.69, 9.17) is 0 Å². The van der Waals surface area contributed by atoms with Crippen molar-refractivity contribution in [2.24, 2.45) is 0 Å². The maximum atomic E-state index is 12.2. The Hall–Kier alpha value is -1.22. The summed E-state index contributed by atoms with van der Waals surface area (Å²) < 4.78 is 0. The molecule has 1 aliphatic heterocycles. The largest absolute Gasteiger partial charge is 0.379 e. The number of carbonyl (C=O) groups excluding carboxylic acids is 2. The quantitative estimate of drug-likeness (QED) is 0.317. The Labute approximate surface area is 143 Å². The van der Waals surface area contributed by atoms with Gasteiger partial charge in [0.25, 0.3) is 11.8 Å². The topological polar surface area (TPSA) is 123 Å². The fourth-order valence-corrected chi connectivity index (χ4v) is 2.09. The number of hydrogen-bond donors (Lipinski definition) is 6. The van der Waals surface area contributed by atoms with Gasteiger partial charge in [0.1, 0.15) is 0 Å². The van der Waals surface area contributed by atoms with E-state index in [1.807, 2.05) is 27.7 Å². The number of hydrogen-bond acceptors (Lipinski definition) is 6. The summed E-state index contributed by atoms with van der Waals surface area (Å²) in [5.74, 6) is -0.956. The van der Waals surface area contributed by atoms with Gasteiger partial charge in [0.2, 0.25) is 0 Å². The summed E-state index contributed by atoms with van der Waals surface area (Å²) in [6, 6.07) is 0. The fourth-order valence-electron chi connectivity index (χ4n) is 2.09. The van der Waals surface area contributed by atoms with E-state index in [1.54, 1.807) is 0 Å². The SMILES string of the molecule is CC1(C)CNC(=O)[C@](C)(O)CNC(C)(C)CNC(=O)[C@](C)(O)CN1. The van der Waals surface area contributed by atoms with Crippen LogP contribution in [0.3, 0.4) is 0 Å². The van der Waals surface area contributed by atoms with Crippen molar-refractivity contribution in [3.05, 3.63) is 0 Å². The number of carbonyl (C=O) groups is 2. The Bertz CT molecular complexity index is 442. The zero-order valence-electron chi connectivity index (χ0n) is 15.5. The Morgan fingerprint density at radius 3 is 1.25 bits per heavy atom. The standard InChI is InChI=1S/C16H32N4O4/c1-13(2)7-17-11(21)16(6,24)10-20-14(3,4)8-18-12(22)15(5,23)9-19-13/h19-20,23-24H,7-10H2,1-6H3,(H,17,21)(H,18,22)/t15-,16-/m1/s1. The molecule has 0 radical (unpaired) electrons. The fraction of sp³-hybridized carbons (Fsp3) is 0.875. The highest BCUT2D eigenvalue weighted by atomic mass is 16.3. The number of amides is 2. The van der Waals surface area contributed by atoms with Crippen LogP contribution < -0.4 is 21.3 Å². The molecule has 0 bridgehead atoms. The highest BCUT2D eigenvalue weighted by molar-refractivity contribution is 5.85. The van der Waals surface area contributed by atoms with Crippen LogP contribution in [0.25, 0.3) is 0 Å². The van der Waals surface area contributed by atoms with Crippen LogP contribution in [0.15, 0.2) is 0 Å². The molecule has 0 saturated carbocycles. The van der Waals surface area contributed by atoms with Crippen LogP contribution in [-0.2, 0) is 9.59 Å². The van der Waals surface area contributed by atoms with Crippen LogP contribution in [-0.4, -0.2) is 70.5 Å². The second kappa shape index (κ2) is 6.95. The third-order valence-corrected chi connectivity index (χ3v) is 4.18. The van der Waals surface area contributed by atoms with Crippen molar-refractivity contribution in [2.45, 2.75) is 63.8 Å². The van der Waals surface area contributed by atoms with Crippen LogP contribution in [0.4, 0.5) is 0 Å². The molecule has 8 nitrogen and oxygen atoms in total. The van der Waals surface area contributed by atoms with E-state index >= 15 is 0 Å². The molecule has 140 valence electrons. The van der Waals surface area contributed by atoms with Gasteiger partial charge in [-0.05, 0) is 41.5 Å².